The minimum absolute atomic E-state index is 0.0202. The van der Waals surface area contributed by atoms with Crippen LogP contribution in [0.25, 0.3) is 6.08 Å². The monoisotopic (exact) mass is 346 g/mol. The molecule has 1 aliphatic heterocycles. The summed E-state index contributed by atoms with van der Waals surface area (Å²) in [4.78, 5) is 12.4. The highest BCUT2D eigenvalue weighted by Crippen LogP contribution is 2.35. The highest BCUT2D eigenvalue weighted by Gasteiger charge is 2.17. The minimum Gasteiger partial charge on any atom is -0.493 e. The number of aryl methyl sites for hydroxylation is 1. The van der Waals surface area contributed by atoms with Gasteiger partial charge in [-0.05, 0) is 42.8 Å². The van der Waals surface area contributed by atoms with E-state index in [0.717, 1.165) is 16.7 Å². The number of hydrogen-bond donors (Lipinski definition) is 1. The molecule has 0 unspecified atom stereocenters. The Morgan fingerprint density at radius 2 is 2.04 bits per heavy atom. The Morgan fingerprint density at radius 3 is 2.73 bits per heavy atom. The van der Waals surface area contributed by atoms with Crippen LogP contribution in [0.3, 0.4) is 0 Å². The first-order valence-electron chi connectivity index (χ1n) is 8.11. The number of anilines is 1. The van der Waals surface area contributed by atoms with E-state index >= 15 is 0 Å². The molecule has 1 amide bonds. The van der Waals surface area contributed by atoms with Crippen molar-refractivity contribution in [2.75, 3.05) is 19.0 Å². The smallest absolute Gasteiger partial charge is 0.266 e. The average Bonchev–Trinajstić information content (AvgIpc) is 2.67. The van der Waals surface area contributed by atoms with E-state index < -0.39 is 5.91 Å². The van der Waals surface area contributed by atoms with Gasteiger partial charge in [-0.1, -0.05) is 29.8 Å². The second-order valence-corrected chi connectivity index (χ2v) is 5.88. The summed E-state index contributed by atoms with van der Waals surface area (Å²) >= 11 is 0. The van der Waals surface area contributed by atoms with Crippen LogP contribution in [0, 0.1) is 18.3 Å². The number of carbonyl (C=O) groups is 1. The van der Waals surface area contributed by atoms with E-state index in [4.69, 9.17) is 9.47 Å². The molecule has 1 N–H and O–H groups in total. The maximum Gasteiger partial charge on any atom is 0.266 e. The summed E-state index contributed by atoms with van der Waals surface area (Å²) in [6, 6.07) is 14.9. The Hall–Kier alpha value is -3.52. The number of benzene rings is 2. The van der Waals surface area contributed by atoms with Crippen molar-refractivity contribution in [1.29, 1.82) is 5.26 Å². The van der Waals surface area contributed by atoms with Gasteiger partial charge in [0, 0.05) is 11.3 Å². The molecular weight excluding hydrogens is 328 g/mol. The number of carbonyl (C=O) groups excluding carboxylic acids is 1. The second kappa shape index (κ2) is 7.58. The fraction of sp³-hybridized carbons (Fsp3) is 0.143. The van der Waals surface area contributed by atoms with E-state index in [9.17, 15) is 10.1 Å². The van der Waals surface area contributed by atoms with Gasteiger partial charge < -0.3 is 14.8 Å². The van der Waals surface area contributed by atoms with Crippen LogP contribution in [-0.4, -0.2) is 19.6 Å². The van der Waals surface area contributed by atoms with Crippen molar-refractivity contribution in [2.24, 2.45) is 0 Å². The molecule has 0 bridgehead atoms. The van der Waals surface area contributed by atoms with Crippen LogP contribution in [0.5, 0.6) is 11.5 Å². The number of fused-ring (bicyclic) bond motifs is 1. The van der Waals surface area contributed by atoms with E-state index in [1.54, 1.807) is 25.3 Å². The number of hydrogen-bond acceptors (Lipinski definition) is 4. The molecule has 0 aliphatic carbocycles. The lowest BCUT2D eigenvalue weighted by molar-refractivity contribution is -0.112. The van der Waals surface area contributed by atoms with Gasteiger partial charge in [-0.3, -0.25) is 4.79 Å². The van der Waals surface area contributed by atoms with Gasteiger partial charge in [-0.25, -0.2) is 0 Å². The number of nitriles is 1. The maximum absolute atomic E-state index is 12.4. The molecule has 1 heterocycles. The van der Waals surface area contributed by atoms with Crippen LogP contribution < -0.4 is 14.8 Å². The molecule has 2 aromatic carbocycles. The lowest BCUT2D eigenvalue weighted by Crippen LogP contribution is -2.15. The van der Waals surface area contributed by atoms with Crippen molar-refractivity contribution in [3.63, 3.8) is 0 Å². The number of methoxy groups -OCH3 is 1. The highest BCUT2D eigenvalue weighted by atomic mass is 16.5. The fourth-order valence-electron chi connectivity index (χ4n) is 2.61. The normalized spacial score (nSPS) is 13.0. The Bertz CT molecular complexity index is 935. The number of nitrogens with zero attached hydrogens (tertiary/aromatic N) is 1. The van der Waals surface area contributed by atoms with Crippen molar-refractivity contribution in [1.82, 2.24) is 0 Å². The van der Waals surface area contributed by atoms with Gasteiger partial charge in [-0.15, -0.1) is 0 Å². The predicted octanol–water partition coefficient (Wildman–Crippen LogP) is 3.87. The summed E-state index contributed by atoms with van der Waals surface area (Å²) in [5, 5.41) is 12.1. The molecule has 1 aliphatic rings. The zero-order chi connectivity index (χ0) is 18.5. The molecule has 0 spiro atoms. The number of ether oxygens (including phenoxy) is 2. The number of para-hydroxylation sites is 1. The number of rotatable bonds is 4. The topological polar surface area (TPSA) is 71.3 Å². The van der Waals surface area contributed by atoms with Gasteiger partial charge in [0.05, 0.1) is 7.11 Å². The molecule has 0 saturated carbocycles. The third-order valence-corrected chi connectivity index (χ3v) is 3.96. The Balaban J connectivity index is 1.82. The van der Waals surface area contributed by atoms with Crippen LogP contribution in [0.4, 0.5) is 5.69 Å². The largest absolute Gasteiger partial charge is 0.493 e. The molecule has 130 valence electrons. The van der Waals surface area contributed by atoms with Gasteiger partial charge in [0.15, 0.2) is 11.5 Å². The zero-order valence-corrected chi connectivity index (χ0v) is 14.6. The molecular formula is C21H18N2O3. The lowest BCUT2D eigenvalue weighted by Gasteiger charge is -2.18. The third kappa shape index (κ3) is 3.76. The first-order valence-corrected chi connectivity index (χ1v) is 8.11. The molecule has 3 rings (SSSR count). The number of nitrogens with one attached hydrogen (secondary N) is 1. The highest BCUT2D eigenvalue weighted by molar-refractivity contribution is 6.07. The quantitative estimate of drug-likeness (QED) is 0.674. The molecule has 0 aromatic heterocycles. The van der Waals surface area contributed by atoms with Crippen LogP contribution in [0.15, 0.2) is 59.7 Å². The van der Waals surface area contributed by atoms with Crippen molar-refractivity contribution < 1.29 is 14.3 Å². The summed E-state index contributed by atoms with van der Waals surface area (Å²) in [5.41, 5.74) is 3.34. The lowest BCUT2D eigenvalue weighted by atomic mass is 10.0. The molecule has 5 heteroatoms. The van der Waals surface area contributed by atoms with Gasteiger partial charge in [0.25, 0.3) is 5.91 Å². The molecule has 5 nitrogen and oxygen atoms in total. The minimum atomic E-state index is -0.450. The summed E-state index contributed by atoms with van der Waals surface area (Å²) < 4.78 is 11.0. The fourth-order valence-corrected chi connectivity index (χ4v) is 2.61. The Kier molecular flexibility index (Phi) is 5.04. The number of amides is 1. The Labute approximate surface area is 152 Å². The van der Waals surface area contributed by atoms with Crippen LogP contribution >= 0.6 is 0 Å². The standard InChI is InChI=1S/C21H18N2O3/c1-14-6-8-18(9-7-14)23-21(24)17(12-22)11-15-10-16-4-3-5-19(25-2)20(16)26-13-15/h3-11H,13H2,1-2H3,(H,23,24). The van der Waals surface area contributed by atoms with E-state index in [2.05, 4.69) is 5.32 Å². The zero-order valence-electron chi connectivity index (χ0n) is 14.6. The predicted molar refractivity (Wildman–Crippen MR) is 100.0 cm³/mol. The molecule has 0 saturated heterocycles. The van der Waals surface area contributed by atoms with Crippen molar-refractivity contribution in [3.05, 3.63) is 70.8 Å². The second-order valence-electron chi connectivity index (χ2n) is 5.88. The van der Waals surface area contributed by atoms with Crippen LogP contribution in [-0.2, 0) is 4.79 Å². The Morgan fingerprint density at radius 1 is 1.27 bits per heavy atom. The van der Waals surface area contributed by atoms with Gasteiger partial charge in [0.1, 0.15) is 18.2 Å². The van der Waals surface area contributed by atoms with E-state index in [1.807, 2.05) is 49.4 Å². The van der Waals surface area contributed by atoms with E-state index in [-0.39, 0.29) is 12.2 Å². The van der Waals surface area contributed by atoms with Gasteiger partial charge in [0.2, 0.25) is 0 Å². The molecule has 2 aromatic rings. The summed E-state index contributed by atoms with van der Waals surface area (Å²) in [7, 11) is 1.58. The van der Waals surface area contributed by atoms with Gasteiger partial charge in [-0.2, -0.15) is 5.26 Å². The van der Waals surface area contributed by atoms with Crippen molar-refractivity contribution in [2.45, 2.75) is 6.92 Å². The van der Waals surface area contributed by atoms with Crippen molar-refractivity contribution in [3.8, 4) is 17.6 Å². The SMILES string of the molecule is COc1cccc2c1OCC(C=C(C#N)C(=O)Nc1ccc(C)cc1)=C2. The first-order chi connectivity index (χ1) is 12.6. The van der Waals surface area contributed by atoms with Crippen LogP contribution in [0.1, 0.15) is 11.1 Å². The molecule has 0 radical (unpaired) electrons. The average molecular weight is 346 g/mol. The third-order valence-electron chi connectivity index (χ3n) is 3.96. The van der Waals surface area contributed by atoms with Gasteiger partial charge >= 0.3 is 0 Å². The molecule has 26 heavy (non-hydrogen) atoms. The first kappa shape index (κ1) is 17.3. The van der Waals surface area contributed by atoms with E-state index in [1.165, 1.54) is 0 Å². The molecule has 0 fully saturated rings. The summed E-state index contributed by atoms with van der Waals surface area (Å²) in [6.45, 7) is 2.23. The van der Waals surface area contributed by atoms with Crippen molar-refractivity contribution >= 4 is 17.7 Å². The van der Waals surface area contributed by atoms with Crippen LogP contribution in [0.2, 0.25) is 0 Å². The summed E-state index contributed by atoms with van der Waals surface area (Å²) in [6.07, 6.45) is 3.43. The molecule has 0 atom stereocenters. The maximum atomic E-state index is 12.4. The summed E-state index contributed by atoms with van der Waals surface area (Å²) in [5.74, 6) is 0.864. The van der Waals surface area contributed by atoms with E-state index in [0.29, 0.717) is 17.2 Å².